The van der Waals surface area contributed by atoms with E-state index in [4.69, 9.17) is 16.6 Å². The lowest BCUT2D eigenvalue weighted by atomic mass is 10.1. The number of hydrogen-bond donors (Lipinski definition) is 1. The Bertz CT molecular complexity index is 915. The summed E-state index contributed by atoms with van der Waals surface area (Å²) in [6.45, 7) is 5.83. The maximum atomic E-state index is 14.3. The first-order valence-electron chi connectivity index (χ1n) is 8.31. The fourth-order valence-electron chi connectivity index (χ4n) is 3.45. The third kappa shape index (κ3) is 3.19. The molecule has 0 bridgehead atoms. The summed E-state index contributed by atoms with van der Waals surface area (Å²) in [5.74, 6) is 0.344. The average molecular weight is 360 g/mol. The minimum atomic E-state index is -0.305. The van der Waals surface area contributed by atoms with Crippen molar-refractivity contribution in [2.24, 2.45) is 0 Å². The van der Waals surface area contributed by atoms with Crippen LogP contribution in [0.3, 0.4) is 0 Å². The van der Waals surface area contributed by atoms with E-state index in [-0.39, 0.29) is 5.82 Å². The van der Waals surface area contributed by atoms with Gasteiger partial charge in [-0.1, -0.05) is 11.6 Å². The van der Waals surface area contributed by atoms with Crippen LogP contribution in [0.15, 0.2) is 36.7 Å². The molecule has 1 aliphatic heterocycles. The first-order chi connectivity index (χ1) is 12.0. The number of aromatic nitrogens is 3. The van der Waals surface area contributed by atoms with Crippen LogP contribution in [0, 0.1) is 5.82 Å². The molecule has 1 aliphatic rings. The molecule has 0 radical (unpaired) electrons. The van der Waals surface area contributed by atoms with Crippen LogP contribution in [0.1, 0.15) is 13.8 Å². The number of halogens is 2. The maximum absolute atomic E-state index is 14.3. The Kier molecular flexibility index (Phi) is 4.09. The Labute approximate surface area is 150 Å². The van der Waals surface area contributed by atoms with Crippen LogP contribution >= 0.6 is 11.6 Å². The molecule has 0 unspecified atom stereocenters. The van der Waals surface area contributed by atoms with Crippen LogP contribution in [0.4, 0.5) is 10.2 Å². The van der Waals surface area contributed by atoms with E-state index in [1.807, 2.05) is 6.07 Å². The van der Waals surface area contributed by atoms with Gasteiger partial charge in [0, 0.05) is 54.1 Å². The number of piperazine rings is 1. The lowest BCUT2D eigenvalue weighted by Crippen LogP contribution is -2.54. The summed E-state index contributed by atoms with van der Waals surface area (Å²) < 4.78 is 16.0. The molecular formula is C18H19ClFN5. The van der Waals surface area contributed by atoms with Gasteiger partial charge in [-0.2, -0.15) is 5.10 Å². The van der Waals surface area contributed by atoms with Gasteiger partial charge in [-0.05, 0) is 26.0 Å². The Morgan fingerprint density at radius 1 is 1.20 bits per heavy atom. The van der Waals surface area contributed by atoms with E-state index >= 15 is 0 Å². The molecule has 0 aromatic carbocycles. The van der Waals surface area contributed by atoms with Crippen molar-refractivity contribution in [1.82, 2.24) is 19.9 Å². The largest absolute Gasteiger partial charge is 0.353 e. The van der Waals surface area contributed by atoms with Crippen molar-refractivity contribution in [3.8, 4) is 11.3 Å². The molecule has 25 heavy (non-hydrogen) atoms. The molecule has 3 aromatic rings. The molecule has 0 spiro atoms. The van der Waals surface area contributed by atoms with Crippen LogP contribution in [0.25, 0.3) is 16.8 Å². The summed E-state index contributed by atoms with van der Waals surface area (Å²) in [4.78, 5) is 6.83. The molecular weight excluding hydrogens is 341 g/mol. The molecule has 0 amide bonds. The van der Waals surface area contributed by atoms with Crippen molar-refractivity contribution in [2.45, 2.75) is 25.9 Å². The van der Waals surface area contributed by atoms with Gasteiger partial charge >= 0.3 is 0 Å². The van der Waals surface area contributed by atoms with Gasteiger partial charge in [0.2, 0.25) is 0 Å². The summed E-state index contributed by atoms with van der Waals surface area (Å²) in [5.41, 5.74) is 2.13. The monoisotopic (exact) mass is 359 g/mol. The summed E-state index contributed by atoms with van der Waals surface area (Å²) in [7, 11) is 0. The van der Waals surface area contributed by atoms with Gasteiger partial charge in [0.15, 0.2) is 0 Å². The molecule has 0 saturated carbocycles. The zero-order valence-electron chi connectivity index (χ0n) is 14.1. The maximum Gasteiger partial charge on any atom is 0.132 e. The molecule has 4 rings (SSSR count). The molecule has 5 nitrogen and oxygen atoms in total. The lowest BCUT2D eigenvalue weighted by molar-refractivity contribution is 0.405. The second kappa shape index (κ2) is 6.28. The Balaban J connectivity index is 1.78. The van der Waals surface area contributed by atoms with E-state index in [0.717, 1.165) is 24.2 Å². The molecule has 7 heteroatoms. The second-order valence-electron chi connectivity index (χ2n) is 6.64. The van der Waals surface area contributed by atoms with Crippen molar-refractivity contribution in [2.75, 3.05) is 18.0 Å². The van der Waals surface area contributed by atoms with E-state index < -0.39 is 0 Å². The SMILES string of the molecule is C[C@@H]1CN(c2cc(F)cc(-c3cnn4ccc(Cl)cc34)n2)C[C@H](C)N1. The molecule has 130 valence electrons. The molecule has 3 aromatic heterocycles. The second-order valence-corrected chi connectivity index (χ2v) is 7.07. The van der Waals surface area contributed by atoms with E-state index in [0.29, 0.717) is 28.6 Å². The molecule has 2 atom stereocenters. The fraction of sp³-hybridized carbons (Fsp3) is 0.333. The van der Waals surface area contributed by atoms with Crippen LogP contribution in [0.5, 0.6) is 0 Å². The minimum Gasteiger partial charge on any atom is -0.353 e. The van der Waals surface area contributed by atoms with Gasteiger partial charge in [-0.25, -0.2) is 13.9 Å². The number of nitrogens with one attached hydrogen (secondary N) is 1. The Morgan fingerprint density at radius 2 is 1.96 bits per heavy atom. The Morgan fingerprint density at radius 3 is 2.72 bits per heavy atom. The quantitative estimate of drug-likeness (QED) is 0.762. The molecule has 1 saturated heterocycles. The highest BCUT2D eigenvalue weighted by Gasteiger charge is 2.23. The van der Waals surface area contributed by atoms with Gasteiger partial charge in [-0.15, -0.1) is 0 Å². The molecule has 1 fully saturated rings. The highest BCUT2D eigenvalue weighted by atomic mass is 35.5. The standard InChI is InChI=1S/C18H19ClFN5/c1-11-9-24(10-12(2)22-11)18-7-14(20)6-16(23-18)15-8-21-25-4-3-13(19)5-17(15)25/h3-8,11-12,22H,9-10H2,1-2H3/t11-,12+. The molecule has 0 aliphatic carbocycles. The third-order valence-corrected chi connectivity index (χ3v) is 4.65. The van der Waals surface area contributed by atoms with Gasteiger partial charge in [0.25, 0.3) is 0 Å². The Hall–Kier alpha value is -2.18. The topological polar surface area (TPSA) is 45.5 Å². The van der Waals surface area contributed by atoms with E-state index in [1.54, 1.807) is 23.0 Å². The normalized spacial score (nSPS) is 21.0. The first-order valence-corrected chi connectivity index (χ1v) is 8.69. The predicted molar refractivity (Wildman–Crippen MR) is 97.7 cm³/mol. The predicted octanol–water partition coefficient (Wildman–Crippen LogP) is 3.38. The number of nitrogens with zero attached hydrogens (tertiary/aromatic N) is 4. The van der Waals surface area contributed by atoms with Crippen molar-refractivity contribution >= 4 is 22.9 Å². The zero-order chi connectivity index (χ0) is 17.6. The van der Waals surface area contributed by atoms with Gasteiger partial charge in [-0.3, -0.25) is 0 Å². The molecule has 1 N–H and O–H groups in total. The zero-order valence-corrected chi connectivity index (χ0v) is 14.8. The van der Waals surface area contributed by atoms with Crippen molar-refractivity contribution in [3.63, 3.8) is 0 Å². The van der Waals surface area contributed by atoms with Crippen LogP contribution < -0.4 is 10.2 Å². The number of hydrogen-bond acceptors (Lipinski definition) is 4. The summed E-state index contributed by atoms with van der Waals surface area (Å²) in [6.07, 6.45) is 3.47. The van der Waals surface area contributed by atoms with Gasteiger partial charge < -0.3 is 10.2 Å². The van der Waals surface area contributed by atoms with Gasteiger partial charge in [0.1, 0.15) is 11.6 Å². The highest BCUT2D eigenvalue weighted by molar-refractivity contribution is 6.31. The summed E-state index contributed by atoms with van der Waals surface area (Å²) in [6, 6.07) is 7.16. The highest BCUT2D eigenvalue weighted by Crippen LogP contribution is 2.28. The number of rotatable bonds is 2. The fourth-order valence-corrected chi connectivity index (χ4v) is 3.61. The van der Waals surface area contributed by atoms with Crippen LogP contribution in [-0.4, -0.2) is 39.8 Å². The first kappa shape index (κ1) is 16.3. The smallest absolute Gasteiger partial charge is 0.132 e. The number of fused-ring (bicyclic) bond motifs is 1. The average Bonchev–Trinajstić information content (AvgIpc) is 2.96. The van der Waals surface area contributed by atoms with Crippen molar-refractivity contribution in [1.29, 1.82) is 0 Å². The van der Waals surface area contributed by atoms with E-state index in [2.05, 4.69) is 29.2 Å². The van der Waals surface area contributed by atoms with Crippen molar-refractivity contribution < 1.29 is 4.39 Å². The number of pyridine rings is 2. The van der Waals surface area contributed by atoms with E-state index in [9.17, 15) is 4.39 Å². The third-order valence-electron chi connectivity index (χ3n) is 4.42. The summed E-state index contributed by atoms with van der Waals surface area (Å²) in [5, 5.41) is 8.39. The van der Waals surface area contributed by atoms with E-state index in [1.165, 1.54) is 12.1 Å². The van der Waals surface area contributed by atoms with Gasteiger partial charge in [0.05, 0.1) is 17.4 Å². The number of anilines is 1. The lowest BCUT2D eigenvalue weighted by Gasteiger charge is -2.37. The minimum absolute atomic E-state index is 0.305. The summed E-state index contributed by atoms with van der Waals surface area (Å²) >= 11 is 6.10. The van der Waals surface area contributed by atoms with Crippen LogP contribution in [-0.2, 0) is 0 Å². The van der Waals surface area contributed by atoms with Crippen molar-refractivity contribution in [3.05, 3.63) is 47.5 Å². The molecule has 4 heterocycles. The van der Waals surface area contributed by atoms with Crippen LogP contribution in [0.2, 0.25) is 5.02 Å².